The minimum atomic E-state index is -0.902. The average molecular weight is 443 g/mol. The van der Waals surface area contributed by atoms with E-state index in [9.17, 15) is 4.79 Å². The van der Waals surface area contributed by atoms with Crippen molar-refractivity contribution in [2.75, 3.05) is 0 Å². The molecular formula is C29H34N2O2. The van der Waals surface area contributed by atoms with Crippen LogP contribution in [0.4, 0.5) is 0 Å². The molecule has 1 aliphatic rings. The number of hydrogen-bond donors (Lipinski definition) is 1. The lowest BCUT2D eigenvalue weighted by Gasteiger charge is -2.42. The number of aromatic carboxylic acids is 1. The molecule has 4 nitrogen and oxygen atoms in total. The molecule has 3 aromatic rings. The molecule has 4 rings (SSSR count). The first-order valence-corrected chi connectivity index (χ1v) is 11.7. The zero-order valence-electron chi connectivity index (χ0n) is 20.4. The van der Waals surface area contributed by atoms with Crippen LogP contribution < -0.4 is 0 Å². The number of aromatic nitrogens is 2. The van der Waals surface area contributed by atoms with Crippen molar-refractivity contribution in [1.29, 1.82) is 0 Å². The maximum absolute atomic E-state index is 11.2. The first-order valence-electron chi connectivity index (χ1n) is 11.7. The number of carboxylic acids is 1. The number of carboxylic acid groups (broad SMARTS) is 1. The van der Waals surface area contributed by atoms with Gasteiger partial charge in [0, 0.05) is 12.7 Å². The Bertz CT molecular complexity index is 1200. The maximum atomic E-state index is 11.2. The minimum absolute atomic E-state index is 0.147. The Hall–Kier alpha value is -3.14. The molecule has 1 N–H and O–H groups in total. The van der Waals surface area contributed by atoms with Crippen LogP contribution in [0.25, 0.3) is 12.2 Å². The van der Waals surface area contributed by atoms with Crippen molar-refractivity contribution in [1.82, 2.24) is 9.78 Å². The molecule has 0 aliphatic heterocycles. The predicted octanol–water partition coefficient (Wildman–Crippen LogP) is 6.65. The summed E-state index contributed by atoms with van der Waals surface area (Å²) in [6.07, 6.45) is 9.57. The van der Waals surface area contributed by atoms with Crippen molar-refractivity contribution < 1.29 is 9.90 Å². The van der Waals surface area contributed by atoms with E-state index < -0.39 is 5.97 Å². The molecule has 0 amide bonds. The van der Waals surface area contributed by atoms with Crippen LogP contribution in [0.5, 0.6) is 0 Å². The molecule has 1 aromatic heterocycles. The molecule has 0 unspecified atom stereocenters. The molecule has 0 saturated carbocycles. The topological polar surface area (TPSA) is 55.1 Å². The number of rotatable bonds is 6. The van der Waals surface area contributed by atoms with Crippen LogP contribution in [0.2, 0.25) is 0 Å². The lowest BCUT2D eigenvalue weighted by Crippen LogP contribution is -2.34. The molecular weight excluding hydrogens is 408 g/mol. The quantitative estimate of drug-likeness (QED) is 0.435. The number of benzene rings is 2. The van der Waals surface area contributed by atoms with Gasteiger partial charge in [-0.05, 0) is 83.0 Å². The Morgan fingerprint density at radius 2 is 1.64 bits per heavy atom. The van der Waals surface area contributed by atoms with Crippen molar-refractivity contribution in [2.45, 2.75) is 71.3 Å². The monoisotopic (exact) mass is 442 g/mol. The van der Waals surface area contributed by atoms with Crippen molar-refractivity contribution >= 4 is 18.1 Å². The summed E-state index contributed by atoms with van der Waals surface area (Å²) in [5, 5.41) is 13.7. The second-order valence-corrected chi connectivity index (χ2v) is 10.6. The van der Waals surface area contributed by atoms with E-state index in [1.54, 1.807) is 12.1 Å². The van der Waals surface area contributed by atoms with E-state index in [1.165, 1.54) is 35.1 Å². The normalized spacial score (nSPS) is 16.6. The van der Waals surface area contributed by atoms with Crippen LogP contribution >= 0.6 is 0 Å². The van der Waals surface area contributed by atoms with Crippen LogP contribution in [-0.4, -0.2) is 20.9 Å². The highest BCUT2D eigenvalue weighted by Crippen LogP contribution is 2.46. The predicted molar refractivity (Wildman–Crippen MR) is 135 cm³/mol. The number of aryl methyl sites for hydroxylation is 3. The van der Waals surface area contributed by atoms with E-state index in [4.69, 9.17) is 5.11 Å². The van der Waals surface area contributed by atoms with E-state index >= 15 is 0 Å². The summed E-state index contributed by atoms with van der Waals surface area (Å²) in [5.74, 6) is -0.902. The molecule has 0 spiro atoms. The van der Waals surface area contributed by atoms with Gasteiger partial charge in [-0.1, -0.05) is 64.1 Å². The summed E-state index contributed by atoms with van der Waals surface area (Å²) in [4.78, 5) is 11.2. The third kappa shape index (κ3) is 4.95. The number of hydrogen-bond acceptors (Lipinski definition) is 2. The smallest absolute Gasteiger partial charge is 0.335 e. The lowest BCUT2D eigenvalue weighted by atomic mass is 9.62. The molecule has 172 valence electrons. The van der Waals surface area contributed by atoms with Gasteiger partial charge in [-0.3, -0.25) is 4.68 Å². The van der Waals surface area contributed by atoms with Crippen LogP contribution in [-0.2, 0) is 23.8 Å². The molecule has 2 aromatic carbocycles. The van der Waals surface area contributed by atoms with Gasteiger partial charge in [0.15, 0.2) is 0 Å². The van der Waals surface area contributed by atoms with Crippen LogP contribution in [0, 0.1) is 6.92 Å². The molecule has 4 heteroatoms. The fourth-order valence-electron chi connectivity index (χ4n) is 4.79. The van der Waals surface area contributed by atoms with Crippen molar-refractivity contribution in [3.63, 3.8) is 0 Å². The SMILES string of the molecule is Cc1ccn(CCc2cc3c(cc2/C=C/c2ccc(C(=O)O)cc2)C(C)(C)CCC3(C)C)n1. The minimum Gasteiger partial charge on any atom is -0.478 e. The van der Waals surface area contributed by atoms with Gasteiger partial charge in [0.25, 0.3) is 0 Å². The summed E-state index contributed by atoms with van der Waals surface area (Å²) in [6, 6.07) is 13.9. The van der Waals surface area contributed by atoms with Crippen LogP contribution in [0.15, 0.2) is 48.7 Å². The van der Waals surface area contributed by atoms with Gasteiger partial charge in [-0.25, -0.2) is 4.79 Å². The summed E-state index contributed by atoms with van der Waals surface area (Å²) in [6.45, 7) is 12.3. The first kappa shape index (κ1) is 23.0. The zero-order valence-corrected chi connectivity index (χ0v) is 20.4. The van der Waals surface area contributed by atoms with Gasteiger partial charge >= 0.3 is 5.97 Å². The Morgan fingerprint density at radius 1 is 1.00 bits per heavy atom. The molecule has 33 heavy (non-hydrogen) atoms. The molecule has 1 aliphatic carbocycles. The summed E-state index contributed by atoms with van der Waals surface area (Å²) in [5.41, 5.74) is 8.10. The average Bonchev–Trinajstić information content (AvgIpc) is 3.19. The van der Waals surface area contributed by atoms with Gasteiger partial charge in [-0.2, -0.15) is 5.10 Å². The number of fused-ring (bicyclic) bond motifs is 1. The highest BCUT2D eigenvalue weighted by atomic mass is 16.4. The third-order valence-corrected chi connectivity index (χ3v) is 7.11. The highest BCUT2D eigenvalue weighted by molar-refractivity contribution is 5.88. The summed E-state index contributed by atoms with van der Waals surface area (Å²) < 4.78 is 2.02. The Morgan fingerprint density at radius 3 is 2.21 bits per heavy atom. The van der Waals surface area contributed by atoms with E-state index in [0.717, 1.165) is 24.2 Å². The first-order chi connectivity index (χ1) is 15.5. The van der Waals surface area contributed by atoms with E-state index in [0.29, 0.717) is 5.56 Å². The van der Waals surface area contributed by atoms with Crippen LogP contribution in [0.1, 0.15) is 84.4 Å². The molecule has 0 saturated heterocycles. The Labute approximate surface area is 197 Å². The zero-order chi connectivity index (χ0) is 23.8. The molecule has 0 atom stereocenters. The van der Waals surface area contributed by atoms with Gasteiger partial charge in [0.2, 0.25) is 0 Å². The van der Waals surface area contributed by atoms with Gasteiger partial charge in [0.1, 0.15) is 0 Å². The second kappa shape index (κ2) is 8.66. The second-order valence-electron chi connectivity index (χ2n) is 10.6. The molecule has 0 fully saturated rings. The highest BCUT2D eigenvalue weighted by Gasteiger charge is 2.37. The van der Waals surface area contributed by atoms with Gasteiger partial charge < -0.3 is 5.11 Å². The van der Waals surface area contributed by atoms with E-state index in [2.05, 4.69) is 57.1 Å². The van der Waals surface area contributed by atoms with Gasteiger partial charge in [-0.15, -0.1) is 0 Å². The van der Waals surface area contributed by atoms with Crippen molar-refractivity contribution in [3.05, 3.63) is 87.7 Å². The standard InChI is InChI=1S/C29H34N2O2/c1-20-12-16-31(30-20)17-13-24-19-26-25(28(2,3)14-15-29(26,4)5)18-23(24)11-8-21-6-9-22(10-7-21)27(32)33/h6-12,16,18-19H,13-15,17H2,1-5H3,(H,32,33)/b11-8+. The fraction of sp³-hybridized carbons (Fsp3) is 0.379. The maximum Gasteiger partial charge on any atom is 0.335 e. The fourth-order valence-corrected chi connectivity index (χ4v) is 4.79. The van der Waals surface area contributed by atoms with E-state index in [-0.39, 0.29) is 10.8 Å². The summed E-state index contributed by atoms with van der Waals surface area (Å²) >= 11 is 0. The van der Waals surface area contributed by atoms with Crippen molar-refractivity contribution in [2.24, 2.45) is 0 Å². The van der Waals surface area contributed by atoms with Crippen molar-refractivity contribution in [3.8, 4) is 0 Å². The molecule has 0 bridgehead atoms. The number of nitrogens with zero attached hydrogens (tertiary/aromatic N) is 2. The van der Waals surface area contributed by atoms with Crippen LogP contribution in [0.3, 0.4) is 0 Å². The third-order valence-electron chi connectivity index (χ3n) is 7.11. The number of carbonyl (C=O) groups is 1. The lowest BCUT2D eigenvalue weighted by molar-refractivity contribution is 0.0697. The molecule has 1 heterocycles. The molecule has 0 radical (unpaired) electrons. The largest absolute Gasteiger partial charge is 0.478 e. The van der Waals surface area contributed by atoms with Gasteiger partial charge in [0.05, 0.1) is 11.3 Å². The van der Waals surface area contributed by atoms with E-state index in [1.807, 2.05) is 36.0 Å². The Kier molecular flexibility index (Phi) is 6.04. The summed E-state index contributed by atoms with van der Waals surface area (Å²) in [7, 11) is 0. The Balaban J connectivity index is 1.73.